The molecule has 0 saturated heterocycles. The Hall–Kier alpha value is -2.32. The first-order chi connectivity index (χ1) is 10.6. The second-order valence-electron chi connectivity index (χ2n) is 5.28. The van der Waals surface area contributed by atoms with Crippen LogP contribution < -0.4 is 10.1 Å². The number of rotatable bonds is 4. The molecule has 1 aromatic carbocycles. The van der Waals surface area contributed by atoms with Gasteiger partial charge < -0.3 is 10.1 Å². The van der Waals surface area contributed by atoms with Gasteiger partial charge in [-0.3, -0.25) is 0 Å². The number of hydrogen-bond acceptors (Lipinski definition) is 5. The Morgan fingerprint density at radius 1 is 1.36 bits per heavy atom. The van der Waals surface area contributed by atoms with Crippen molar-refractivity contribution in [1.82, 2.24) is 9.97 Å². The van der Waals surface area contributed by atoms with Crippen LogP contribution in [0.1, 0.15) is 24.0 Å². The number of methoxy groups -OCH3 is 1. The highest BCUT2D eigenvalue weighted by Crippen LogP contribution is 2.32. The zero-order valence-electron chi connectivity index (χ0n) is 12.4. The van der Waals surface area contributed by atoms with Gasteiger partial charge in [0.05, 0.1) is 12.8 Å². The van der Waals surface area contributed by atoms with E-state index in [9.17, 15) is 5.26 Å². The largest absolute Gasteiger partial charge is 0.496 e. The lowest BCUT2D eigenvalue weighted by Gasteiger charge is -2.11. The zero-order valence-corrected chi connectivity index (χ0v) is 13.1. The maximum absolute atomic E-state index is 9.36. The lowest BCUT2D eigenvalue weighted by Crippen LogP contribution is -2.07. The summed E-state index contributed by atoms with van der Waals surface area (Å²) in [6.45, 7) is 1.96. The van der Waals surface area contributed by atoms with Crippen molar-refractivity contribution < 1.29 is 4.74 Å². The predicted molar refractivity (Wildman–Crippen MR) is 85.1 cm³/mol. The van der Waals surface area contributed by atoms with Gasteiger partial charge in [-0.25, -0.2) is 4.98 Å². The second-order valence-corrected chi connectivity index (χ2v) is 5.63. The molecule has 112 valence electrons. The quantitative estimate of drug-likeness (QED) is 0.874. The van der Waals surface area contributed by atoms with Crippen molar-refractivity contribution in [1.29, 1.82) is 5.26 Å². The first-order valence-corrected chi connectivity index (χ1v) is 7.39. The fourth-order valence-electron chi connectivity index (χ4n) is 2.18. The molecule has 1 N–H and O–H groups in total. The Kier molecular flexibility index (Phi) is 3.86. The molecule has 1 aliphatic carbocycles. The molecule has 0 spiro atoms. The number of nitrogens with zero attached hydrogens (tertiary/aromatic N) is 3. The maximum Gasteiger partial charge on any atom is 0.224 e. The topological polar surface area (TPSA) is 70.8 Å². The highest BCUT2D eigenvalue weighted by molar-refractivity contribution is 6.31. The first-order valence-electron chi connectivity index (χ1n) is 7.01. The van der Waals surface area contributed by atoms with E-state index in [0.29, 0.717) is 17.7 Å². The van der Waals surface area contributed by atoms with Crippen molar-refractivity contribution in [2.45, 2.75) is 25.8 Å². The van der Waals surface area contributed by atoms with Crippen LogP contribution >= 0.6 is 11.6 Å². The molecule has 1 fully saturated rings. The summed E-state index contributed by atoms with van der Waals surface area (Å²) >= 11 is 6.15. The van der Waals surface area contributed by atoms with E-state index >= 15 is 0 Å². The molecular formula is C16H15ClN4O. The Morgan fingerprint density at radius 3 is 2.77 bits per heavy atom. The molecule has 1 aromatic heterocycles. The number of hydrogen-bond donors (Lipinski definition) is 1. The summed E-state index contributed by atoms with van der Waals surface area (Å²) in [4.78, 5) is 8.64. The molecule has 0 unspecified atom stereocenters. The van der Waals surface area contributed by atoms with Crippen molar-refractivity contribution in [2.24, 2.45) is 0 Å². The van der Waals surface area contributed by atoms with E-state index in [2.05, 4.69) is 21.4 Å². The zero-order chi connectivity index (χ0) is 15.7. The van der Waals surface area contributed by atoms with Crippen LogP contribution in [0.3, 0.4) is 0 Å². The standard InChI is InChI=1S/C16H15ClN4O/c1-9-3-4-10(7-13(9)22-2)14-12(8-18)15(17)21-16(20-14)19-11-5-6-11/h3-4,7,11H,5-6H2,1-2H3,(H,19,20,21). The third-order valence-corrected chi connectivity index (χ3v) is 3.84. The van der Waals surface area contributed by atoms with Crippen LogP contribution in [-0.2, 0) is 0 Å². The highest BCUT2D eigenvalue weighted by Gasteiger charge is 2.23. The summed E-state index contributed by atoms with van der Waals surface area (Å²) in [5.41, 5.74) is 2.58. The van der Waals surface area contributed by atoms with Crippen LogP contribution in [0.2, 0.25) is 5.15 Å². The maximum atomic E-state index is 9.36. The van der Waals surface area contributed by atoms with E-state index in [-0.39, 0.29) is 10.7 Å². The lowest BCUT2D eigenvalue weighted by molar-refractivity contribution is 0.412. The van der Waals surface area contributed by atoms with Gasteiger partial charge in [0.2, 0.25) is 5.95 Å². The van der Waals surface area contributed by atoms with E-state index in [4.69, 9.17) is 16.3 Å². The Balaban J connectivity index is 2.11. The molecule has 0 bridgehead atoms. The molecule has 1 aliphatic rings. The summed E-state index contributed by atoms with van der Waals surface area (Å²) in [5.74, 6) is 1.20. The molecule has 3 rings (SSSR count). The summed E-state index contributed by atoms with van der Waals surface area (Å²) in [6, 6.07) is 8.18. The molecule has 6 heteroatoms. The molecule has 0 aliphatic heterocycles. The molecule has 1 heterocycles. The van der Waals surface area contributed by atoms with E-state index < -0.39 is 0 Å². The average Bonchev–Trinajstić information content (AvgIpc) is 3.31. The third-order valence-electron chi connectivity index (χ3n) is 3.57. The van der Waals surface area contributed by atoms with E-state index in [1.807, 2.05) is 25.1 Å². The lowest BCUT2D eigenvalue weighted by atomic mass is 10.1. The predicted octanol–water partition coefficient (Wildman–Crippen LogP) is 3.56. The van der Waals surface area contributed by atoms with Crippen LogP contribution in [-0.4, -0.2) is 23.1 Å². The van der Waals surface area contributed by atoms with Crippen LogP contribution in [0, 0.1) is 18.3 Å². The van der Waals surface area contributed by atoms with Crippen LogP contribution in [0.4, 0.5) is 5.95 Å². The van der Waals surface area contributed by atoms with Gasteiger partial charge >= 0.3 is 0 Å². The number of aryl methyl sites for hydroxylation is 1. The van der Waals surface area contributed by atoms with E-state index in [1.54, 1.807) is 7.11 Å². The van der Waals surface area contributed by atoms with Crippen LogP contribution in [0.5, 0.6) is 5.75 Å². The van der Waals surface area contributed by atoms with Gasteiger partial charge in [0.25, 0.3) is 0 Å². The monoisotopic (exact) mass is 314 g/mol. The van der Waals surface area contributed by atoms with Crippen molar-refractivity contribution in [3.8, 4) is 23.1 Å². The number of nitriles is 1. The summed E-state index contributed by atoms with van der Waals surface area (Å²) in [7, 11) is 1.62. The molecular weight excluding hydrogens is 300 g/mol. The molecule has 5 nitrogen and oxygen atoms in total. The number of benzene rings is 1. The summed E-state index contributed by atoms with van der Waals surface area (Å²) in [5, 5.41) is 12.7. The molecule has 1 saturated carbocycles. The minimum atomic E-state index is 0.162. The Labute approximate surface area is 133 Å². The normalized spacial score (nSPS) is 13.5. The minimum absolute atomic E-state index is 0.162. The molecule has 0 amide bonds. The number of aromatic nitrogens is 2. The highest BCUT2D eigenvalue weighted by atomic mass is 35.5. The van der Waals surface area contributed by atoms with Crippen molar-refractivity contribution in [3.63, 3.8) is 0 Å². The number of halogens is 1. The van der Waals surface area contributed by atoms with Gasteiger partial charge in [-0.05, 0) is 31.4 Å². The molecule has 0 radical (unpaired) electrons. The summed E-state index contributed by atoms with van der Waals surface area (Å²) < 4.78 is 5.34. The fraction of sp³-hybridized carbons (Fsp3) is 0.312. The second kappa shape index (κ2) is 5.82. The first kappa shape index (κ1) is 14.6. The number of ether oxygens (including phenoxy) is 1. The average molecular weight is 315 g/mol. The Bertz CT molecular complexity index is 765. The van der Waals surface area contributed by atoms with Gasteiger partial charge in [-0.1, -0.05) is 23.7 Å². The smallest absolute Gasteiger partial charge is 0.224 e. The SMILES string of the molecule is COc1cc(-c2nc(NC3CC3)nc(Cl)c2C#N)ccc1C. The Morgan fingerprint density at radius 2 is 2.14 bits per heavy atom. The van der Waals surface area contributed by atoms with Gasteiger partial charge in [0.15, 0.2) is 5.15 Å². The van der Waals surface area contributed by atoms with Gasteiger partial charge in [-0.2, -0.15) is 10.2 Å². The summed E-state index contributed by atoms with van der Waals surface area (Å²) in [6.07, 6.45) is 2.21. The molecule has 0 atom stereocenters. The number of nitrogens with one attached hydrogen (secondary N) is 1. The number of anilines is 1. The third kappa shape index (κ3) is 2.83. The van der Waals surface area contributed by atoms with Gasteiger partial charge in [0, 0.05) is 11.6 Å². The van der Waals surface area contributed by atoms with Gasteiger partial charge in [-0.15, -0.1) is 0 Å². The van der Waals surface area contributed by atoms with Crippen LogP contribution in [0.25, 0.3) is 11.3 Å². The van der Waals surface area contributed by atoms with Gasteiger partial charge in [0.1, 0.15) is 17.4 Å². The van der Waals surface area contributed by atoms with Crippen molar-refractivity contribution in [3.05, 3.63) is 34.5 Å². The van der Waals surface area contributed by atoms with Crippen molar-refractivity contribution >= 4 is 17.5 Å². The van der Waals surface area contributed by atoms with E-state index in [0.717, 1.165) is 29.7 Å². The molecule has 22 heavy (non-hydrogen) atoms. The fourth-order valence-corrected chi connectivity index (χ4v) is 2.40. The van der Waals surface area contributed by atoms with Crippen LogP contribution in [0.15, 0.2) is 18.2 Å². The minimum Gasteiger partial charge on any atom is -0.496 e. The molecule has 2 aromatic rings. The van der Waals surface area contributed by atoms with E-state index in [1.165, 1.54) is 0 Å². The van der Waals surface area contributed by atoms with Crippen molar-refractivity contribution in [2.75, 3.05) is 12.4 Å².